The standard InChI is InChI=1S/C18H21N5O4/c24-17(21-27)13-22(11-15-5-1-3-7-19-15)9-10-23(14-18(25)26)12-16-6-2-4-8-20-16/h1-8H,9-14H2,(H,25,26). The predicted octanol–water partition coefficient (Wildman–Crippen LogP) is 1.16. The monoisotopic (exact) mass is 371 g/mol. The third-order valence-corrected chi connectivity index (χ3v) is 3.78. The molecule has 0 aromatic carbocycles. The zero-order chi connectivity index (χ0) is 19.5. The minimum atomic E-state index is -0.951. The van der Waals surface area contributed by atoms with E-state index in [9.17, 15) is 14.5 Å². The Labute approximate surface area is 156 Å². The van der Waals surface area contributed by atoms with E-state index in [1.807, 2.05) is 24.3 Å². The Kier molecular flexibility index (Phi) is 8.14. The molecule has 0 bridgehead atoms. The van der Waals surface area contributed by atoms with Crippen molar-refractivity contribution in [3.05, 3.63) is 65.1 Å². The number of aromatic nitrogens is 2. The number of nitroso groups, excluding NO2 is 1. The van der Waals surface area contributed by atoms with Crippen LogP contribution < -0.4 is 0 Å². The Morgan fingerprint density at radius 1 is 0.889 bits per heavy atom. The number of nitrogens with zero attached hydrogens (tertiary/aromatic N) is 5. The van der Waals surface area contributed by atoms with Gasteiger partial charge in [-0.15, -0.1) is 4.91 Å². The summed E-state index contributed by atoms with van der Waals surface area (Å²) in [6.45, 7) is 1.16. The van der Waals surface area contributed by atoms with Gasteiger partial charge in [0, 0.05) is 43.7 Å². The van der Waals surface area contributed by atoms with Gasteiger partial charge in [0.2, 0.25) is 0 Å². The molecule has 0 aliphatic rings. The third-order valence-electron chi connectivity index (χ3n) is 3.78. The highest BCUT2D eigenvalue weighted by Gasteiger charge is 2.16. The highest BCUT2D eigenvalue weighted by Crippen LogP contribution is 2.05. The molecular weight excluding hydrogens is 350 g/mol. The van der Waals surface area contributed by atoms with Crippen LogP contribution in [-0.2, 0) is 22.7 Å². The average molecular weight is 371 g/mol. The van der Waals surface area contributed by atoms with E-state index in [1.165, 1.54) is 0 Å². The summed E-state index contributed by atoms with van der Waals surface area (Å²) in [7, 11) is 0. The lowest BCUT2D eigenvalue weighted by Gasteiger charge is -2.25. The van der Waals surface area contributed by atoms with Gasteiger partial charge in [-0.3, -0.25) is 29.4 Å². The molecule has 0 saturated heterocycles. The molecule has 9 heteroatoms. The van der Waals surface area contributed by atoms with Crippen LogP contribution >= 0.6 is 0 Å². The minimum Gasteiger partial charge on any atom is -0.480 e. The van der Waals surface area contributed by atoms with Crippen LogP contribution in [0.3, 0.4) is 0 Å². The van der Waals surface area contributed by atoms with Crippen LogP contribution in [0.1, 0.15) is 11.4 Å². The number of amides is 1. The molecule has 27 heavy (non-hydrogen) atoms. The maximum absolute atomic E-state index is 11.5. The Bertz CT molecular complexity index is 742. The number of carbonyl (C=O) groups excluding carboxylic acids is 1. The fourth-order valence-corrected chi connectivity index (χ4v) is 2.56. The fourth-order valence-electron chi connectivity index (χ4n) is 2.56. The zero-order valence-electron chi connectivity index (χ0n) is 14.8. The topological polar surface area (TPSA) is 116 Å². The zero-order valence-corrected chi connectivity index (χ0v) is 14.8. The summed E-state index contributed by atoms with van der Waals surface area (Å²) in [6, 6.07) is 10.9. The Hall–Kier alpha value is -3.04. The number of hydrogen-bond acceptors (Lipinski definition) is 7. The average Bonchev–Trinajstić information content (AvgIpc) is 2.67. The maximum atomic E-state index is 11.5. The van der Waals surface area contributed by atoms with Crippen molar-refractivity contribution >= 4 is 11.9 Å². The van der Waals surface area contributed by atoms with Gasteiger partial charge in [-0.05, 0) is 24.3 Å². The largest absolute Gasteiger partial charge is 0.480 e. The van der Waals surface area contributed by atoms with Crippen molar-refractivity contribution in [1.29, 1.82) is 0 Å². The van der Waals surface area contributed by atoms with E-state index in [1.54, 1.807) is 34.3 Å². The van der Waals surface area contributed by atoms with Gasteiger partial charge in [0.15, 0.2) is 0 Å². The highest BCUT2D eigenvalue weighted by atomic mass is 16.4. The number of pyridine rings is 2. The molecule has 0 fully saturated rings. The van der Waals surface area contributed by atoms with Crippen molar-refractivity contribution in [2.24, 2.45) is 5.18 Å². The molecule has 142 valence electrons. The molecule has 2 aromatic heterocycles. The fraction of sp³-hybridized carbons (Fsp3) is 0.333. The molecule has 0 unspecified atom stereocenters. The van der Waals surface area contributed by atoms with Gasteiger partial charge in [0.25, 0.3) is 5.91 Å². The van der Waals surface area contributed by atoms with E-state index in [0.717, 1.165) is 11.4 Å². The lowest BCUT2D eigenvalue weighted by molar-refractivity contribution is -0.138. The summed E-state index contributed by atoms with van der Waals surface area (Å²) >= 11 is 0. The smallest absolute Gasteiger partial charge is 0.317 e. The van der Waals surface area contributed by atoms with E-state index in [0.29, 0.717) is 26.2 Å². The van der Waals surface area contributed by atoms with Crippen molar-refractivity contribution < 1.29 is 14.7 Å². The third kappa shape index (κ3) is 7.80. The normalized spacial score (nSPS) is 10.9. The van der Waals surface area contributed by atoms with Crippen molar-refractivity contribution in [3.63, 3.8) is 0 Å². The lowest BCUT2D eigenvalue weighted by Crippen LogP contribution is -2.39. The molecule has 9 nitrogen and oxygen atoms in total. The number of carboxylic acid groups (broad SMARTS) is 1. The number of aliphatic carboxylic acids is 1. The molecule has 0 aliphatic carbocycles. The second-order valence-corrected chi connectivity index (χ2v) is 5.94. The van der Waals surface area contributed by atoms with Crippen LogP contribution in [0, 0.1) is 4.91 Å². The summed E-state index contributed by atoms with van der Waals surface area (Å²) < 4.78 is 0. The van der Waals surface area contributed by atoms with Crippen molar-refractivity contribution in [2.75, 3.05) is 26.2 Å². The Morgan fingerprint density at radius 2 is 1.41 bits per heavy atom. The second kappa shape index (κ2) is 10.8. The maximum Gasteiger partial charge on any atom is 0.317 e. The molecule has 2 heterocycles. The second-order valence-electron chi connectivity index (χ2n) is 5.94. The first kappa shape index (κ1) is 20.3. The van der Waals surface area contributed by atoms with Crippen molar-refractivity contribution in [1.82, 2.24) is 19.8 Å². The van der Waals surface area contributed by atoms with E-state index >= 15 is 0 Å². The Balaban J connectivity index is 2.02. The quantitative estimate of drug-likeness (QED) is 0.585. The molecule has 2 aromatic rings. The van der Waals surface area contributed by atoms with Crippen LogP contribution in [0.4, 0.5) is 0 Å². The van der Waals surface area contributed by atoms with Gasteiger partial charge >= 0.3 is 5.97 Å². The van der Waals surface area contributed by atoms with Crippen LogP contribution in [0.2, 0.25) is 0 Å². The summed E-state index contributed by atoms with van der Waals surface area (Å²) in [5, 5.41) is 11.6. The number of hydrogen-bond donors (Lipinski definition) is 1. The van der Waals surface area contributed by atoms with Gasteiger partial charge in [-0.2, -0.15) is 0 Å². The molecule has 0 atom stereocenters. The van der Waals surface area contributed by atoms with E-state index < -0.39 is 11.9 Å². The van der Waals surface area contributed by atoms with E-state index in [-0.39, 0.29) is 13.1 Å². The molecule has 0 spiro atoms. The number of carbonyl (C=O) groups is 2. The molecule has 1 amide bonds. The molecular formula is C18H21N5O4. The van der Waals surface area contributed by atoms with Crippen LogP contribution in [0.5, 0.6) is 0 Å². The van der Waals surface area contributed by atoms with E-state index in [2.05, 4.69) is 15.1 Å². The molecule has 2 rings (SSSR count). The van der Waals surface area contributed by atoms with Crippen molar-refractivity contribution in [2.45, 2.75) is 13.1 Å². The lowest BCUT2D eigenvalue weighted by atomic mass is 10.3. The highest BCUT2D eigenvalue weighted by molar-refractivity contribution is 5.78. The van der Waals surface area contributed by atoms with Gasteiger partial charge in [0.05, 0.1) is 24.5 Å². The van der Waals surface area contributed by atoms with Gasteiger partial charge in [-0.1, -0.05) is 12.1 Å². The summed E-state index contributed by atoms with van der Waals surface area (Å²) in [5.41, 5.74) is 1.49. The van der Waals surface area contributed by atoms with Gasteiger partial charge in [-0.25, -0.2) is 0 Å². The first-order chi connectivity index (χ1) is 13.1. The van der Waals surface area contributed by atoms with Gasteiger partial charge < -0.3 is 5.11 Å². The Morgan fingerprint density at radius 3 is 1.81 bits per heavy atom. The summed E-state index contributed by atoms with van der Waals surface area (Å²) in [4.78, 5) is 45.0. The SMILES string of the molecule is O=NC(=O)CN(CCN(CC(=O)O)Cc1ccccn1)Cc1ccccn1. The van der Waals surface area contributed by atoms with Gasteiger partial charge in [0.1, 0.15) is 0 Å². The summed E-state index contributed by atoms with van der Waals surface area (Å²) in [6.07, 6.45) is 3.29. The molecule has 0 aliphatic heterocycles. The van der Waals surface area contributed by atoms with Crippen LogP contribution in [0.15, 0.2) is 54.0 Å². The minimum absolute atomic E-state index is 0.148. The predicted molar refractivity (Wildman–Crippen MR) is 97.5 cm³/mol. The van der Waals surface area contributed by atoms with Crippen LogP contribution in [-0.4, -0.2) is 62.9 Å². The van der Waals surface area contributed by atoms with E-state index in [4.69, 9.17) is 5.11 Å². The first-order valence-electron chi connectivity index (χ1n) is 8.39. The number of carboxylic acids is 1. The molecule has 0 radical (unpaired) electrons. The molecule has 0 saturated carbocycles. The number of rotatable bonds is 11. The first-order valence-corrected chi connectivity index (χ1v) is 8.39. The summed E-state index contributed by atoms with van der Waals surface area (Å²) in [5.74, 6) is -1.73. The van der Waals surface area contributed by atoms with Crippen LogP contribution in [0.25, 0.3) is 0 Å². The van der Waals surface area contributed by atoms with Crippen molar-refractivity contribution in [3.8, 4) is 0 Å². The molecule has 1 N–H and O–H groups in total.